The molecule has 0 saturated carbocycles. The molecule has 1 aromatic carbocycles. The second-order valence-electron chi connectivity index (χ2n) is 4.04. The molecule has 1 heterocycles. The van der Waals surface area contributed by atoms with Crippen LogP contribution in [0.4, 0.5) is 0 Å². The summed E-state index contributed by atoms with van der Waals surface area (Å²) in [7, 11) is 0. The van der Waals surface area contributed by atoms with Crippen LogP contribution in [0.25, 0.3) is 5.69 Å². The van der Waals surface area contributed by atoms with Crippen molar-refractivity contribution in [2.24, 2.45) is 0 Å². The van der Waals surface area contributed by atoms with Gasteiger partial charge in [0.25, 0.3) is 0 Å². The molecule has 0 N–H and O–H groups in total. The average Bonchev–Trinajstić information content (AvgIpc) is 2.85. The first kappa shape index (κ1) is 12.5. The van der Waals surface area contributed by atoms with E-state index in [0.29, 0.717) is 12.6 Å². The van der Waals surface area contributed by atoms with Crippen molar-refractivity contribution < 1.29 is 4.74 Å². The lowest BCUT2D eigenvalue weighted by atomic mass is 10.1. The second-order valence-corrected chi connectivity index (χ2v) is 4.04. The predicted molar refractivity (Wildman–Crippen MR) is 68.9 cm³/mol. The number of hydrogen-bond acceptors (Lipinski definition) is 4. The van der Waals surface area contributed by atoms with Gasteiger partial charge in [-0.2, -0.15) is 4.68 Å². The standard InChI is InChI=1S/C13H18N4O/c1-3-5-8-11-9-6-7-10-12(11)17-13(18-4-2)14-15-16-17/h6-7,9-10H,3-5,8H2,1-2H3. The van der Waals surface area contributed by atoms with E-state index < -0.39 is 0 Å². The Labute approximate surface area is 107 Å². The highest BCUT2D eigenvalue weighted by molar-refractivity contribution is 5.41. The van der Waals surface area contributed by atoms with Crippen LogP contribution in [0.15, 0.2) is 24.3 Å². The molecule has 18 heavy (non-hydrogen) atoms. The van der Waals surface area contributed by atoms with Gasteiger partial charge in [-0.3, -0.25) is 0 Å². The number of aromatic nitrogens is 4. The van der Waals surface area contributed by atoms with E-state index in [1.54, 1.807) is 4.68 Å². The van der Waals surface area contributed by atoms with E-state index in [1.807, 2.05) is 25.1 Å². The van der Waals surface area contributed by atoms with Crippen molar-refractivity contribution in [2.75, 3.05) is 6.61 Å². The van der Waals surface area contributed by atoms with Crippen molar-refractivity contribution >= 4 is 0 Å². The molecule has 0 aliphatic heterocycles. The summed E-state index contributed by atoms with van der Waals surface area (Å²) >= 11 is 0. The molecule has 2 aromatic rings. The fourth-order valence-corrected chi connectivity index (χ4v) is 1.85. The Balaban J connectivity index is 2.33. The molecule has 0 unspecified atom stereocenters. The highest BCUT2D eigenvalue weighted by Gasteiger charge is 2.11. The monoisotopic (exact) mass is 246 g/mol. The second kappa shape index (κ2) is 6.14. The zero-order chi connectivity index (χ0) is 12.8. The van der Waals surface area contributed by atoms with E-state index in [4.69, 9.17) is 4.74 Å². The third kappa shape index (κ3) is 2.67. The first-order chi connectivity index (χ1) is 8.86. The molecule has 0 radical (unpaired) electrons. The molecule has 2 rings (SSSR count). The molecule has 0 amide bonds. The molecule has 0 bridgehead atoms. The Bertz CT molecular complexity index is 495. The van der Waals surface area contributed by atoms with Gasteiger partial charge in [0.15, 0.2) is 0 Å². The molecule has 0 aliphatic carbocycles. The van der Waals surface area contributed by atoms with Gasteiger partial charge in [-0.1, -0.05) is 36.6 Å². The van der Waals surface area contributed by atoms with Gasteiger partial charge >= 0.3 is 6.01 Å². The van der Waals surface area contributed by atoms with Crippen LogP contribution in [0, 0.1) is 0 Å². The fourth-order valence-electron chi connectivity index (χ4n) is 1.85. The van der Waals surface area contributed by atoms with Gasteiger partial charge in [-0.15, -0.1) is 0 Å². The number of nitrogens with zero attached hydrogens (tertiary/aromatic N) is 4. The number of ether oxygens (including phenoxy) is 1. The van der Waals surface area contributed by atoms with Crippen molar-refractivity contribution in [1.29, 1.82) is 0 Å². The van der Waals surface area contributed by atoms with Crippen molar-refractivity contribution in [3.8, 4) is 11.7 Å². The fraction of sp³-hybridized carbons (Fsp3) is 0.462. The zero-order valence-electron chi connectivity index (χ0n) is 10.8. The first-order valence-electron chi connectivity index (χ1n) is 6.36. The van der Waals surface area contributed by atoms with E-state index in [0.717, 1.165) is 18.5 Å². The quantitative estimate of drug-likeness (QED) is 0.785. The number of tetrazole rings is 1. The van der Waals surface area contributed by atoms with E-state index in [2.05, 4.69) is 28.5 Å². The van der Waals surface area contributed by atoms with Crippen LogP contribution in [-0.4, -0.2) is 26.8 Å². The Morgan fingerprint density at radius 1 is 1.22 bits per heavy atom. The van der Waals surface area contributed by atoms with Gasteiger partial charge in [-0.05, 0) is 41.8 Å². The molecule has 0 spiro atoms. The van der Waals surface area contributed by atoms with Crippen LogP contribution in [-0.2, 0) is 6.42 Å². The summed E-state index contributed by atoms with van der Waals surface area (Å²) in [6.07, 6.45) is 3.35. The largest absolute Gasteiger partial charge is 0.463 e. The number of aryl methyl sites for hydroxylation is 1. The van der Waals surface area contributed by atoms with Crippen molar-refractivity contribution in [1.82, 2.24) is 20.2 Å². The van der Waals surface area contributed by atoms with Crippen LogP contribution in [0.5, 0.6) is 6.01 Å². The number of unbranched alkanes of at least 4 members (excludes halogenated alkanes) is 1. The third-order valence-corrected chi connectivity index (χ3v) is 2.73. The first-order valence-corrected chi connectivity index (χ1v) is 6.36. The van der Waals surface area contributed by atoms with E-state index >= 15 is 0 Å². The van der Waals surface area contributed by atoms with E-state index in [9.17, 15) is 0 Å². The lowest BCUT2D eigenvalue weighted by molar-refractivity contribution is 0.303. The van der Waals surface area contributed by atoms with E-state index in [1.165, 1.54) is 12.0 Å². The summed E-state index contributed by atoms with van der Waals surface area (Å²) in [5.74, 6) is 0. The maximum Gasteiger partial charge on any atom is 0.340 e. The van der Waals surface area contributed by atoms with E-state index in [-0.39, 0.29) is 0 Å². The van der Waals surface area contributed by atoms with Gasteiger partial charge in [0.2, 0.25) is 0 Å². The van der Waals surface area contributed by atoms with Gasteiger partial charge in [-0.25, -0.2) is 0 Å². The summed E-state index contributed by atoms with van der Waals surface area (Å²) in [5.41, 5.74) is 2.24. The highest BCUT2D eigenvalue weighted by Crippen LogP contribution is 2.19. The van der Waals surface area contributed by atoms with Crippen molar-refractivity contribution in [3.63, 3.8) is 0 Å². The molecule has 0 atom stereocenters. The molecule has 5 heteroatoms. The smallest absolute Gasteiger partial charge is 0.340 e. The number of benzene rings is 1. The summed E-state index contributed by atoms with van der Waals surface area (Å²) in [4.78, 5) is 0. The SMILES string of the molecule is CCCCc1ccccc1-n1nnnc1OCC. The lowest BCUT2D eigenvalue weighted by Gasteiger charge is -2.09. The number of hydrogen-bond donors (Lipinski definition) is 0. The maximum absolute atomic E-state index is 5.42. The molecular formula is C13H18N4O. The Morgan fingerprint density at radius 2 is 2.06 bits per heavy atom. The normalized spacial score (nSPS) is 10.6. The molecule has 0 fully saturated rings. The number of rotatable bonds is 6. The van der Waals surface area contributed by atoms with Crippen molar-refractivity contribution in [2.45, 2.75) is 33.1 Å². The average molecular weight is 246 g/mol. The van der Waals surface area contributed by atoms with Crippen LogP contribution < -0.4 is 4.74 Å². The molecule has 5 nitrogen and oxygen atoms in total. The highest BCUT2D eigenvalue weighted by atomic mass is 16.5. The van der Waals surface area contributed by atoms with Gasteiger partial charge in [0.1, 0.15) is 0 Å². The minimum Gasteiger partial charge on any atom is -0.463 e. The van der Waals surface area contributed by atoms with Crippen molar-refractivity contribution in [3.05, 3.63) is 29.8 Å². The molecular weight excluding hydrogens is 228 g/mol. The van der Waals surface area contributed by atoms with Crippen LogP contribution in [0.2, 0.25) is 0 Å². The summed E-state index contributed by atoms with van der Waals surface area (Å²) < 4.78 is 7.08. The minimum atomic E-state index is 0.446. The van der Waals surface area contributed by atoms with Gasteiger partial charge in [0, 0.05) is 0 Å². The van der Waals surface area contributed by atoms with Gasteiger partial charge in [0.05, 0.1) is 12.3 Å². The van der Waals surface area contributed by atoms with Gasteiger partial charge < -0.3 is 4.74 Å². The maximum atomic E-state index is 5.42. The molecule has 1 aromatic heterocycles. The molecule has 96 valence electrons. The Hall–Kier alpha value is -1.91. The predicted octanol–water partition coefficient (Wildman–Crippen LogP) is 2.40. The minimum absolute atomic E-state index is 0.446. The topological polar surface area (TPSA) is 52.8 Å². The van der Waals surface area contributed by atoms with Crippen LogP contribution in [0.3, 0.4) is 0 Å². The summed E-state index contributed by atoms with van der Waals surface area (Å²) in [6, 6.07) is 8.61. The van der Waals surface area contributed by atoms with Crippen LogP contribution >= 0.6 is 0 Å². The Kier molecular flexibility index (Phi) is 4.28. The summed E-state index contributed by atoms with van der Waals surface area (Å²) in [5, 5.41) is 11.6. The molecule has 0 saturated heterocycles. The Morgan fingerprint density at radius 3 is 2.83 bits per heavy atom. The van der Waals surface area contributed by atoms with Crippen LogP contribution in [0.1, 0.15) is 32.3 Å². The third-order valence-electron chi connectivity index (χ3n) is 2.73. The lowest BCUT2D eigenvalue weighted by Crippen LogP contribution is -2.06. The number of para-hydroxylation sites is 1. The molecule has 0 aliphatic rings. The summed E-state index contributed by atoms with van der Waals surface area (Å²) in [6.45, 7) is 4.66. The zero-order valence-corrected chi connectivity index (χ0v) is 10.8.